The molecular formula is C21H22N2O3S2. The first-order valence-corrected chi connectivity index (χ1v) is 11.6. The topological polar surface area (TPSA) is 76.1 Å². The molecule has 3 rings (SSSR count). The molecule has 3 aromatic rings. The maximum Gasteiger partial charge on any atom is 0.230 e. The molecule has 0 aliphatic heterocycles. The third-order valence-electron chi connectivity index (χ3n) is 4.28. The standard InChI is InChI=1S/C21H22N2O3S2/c1-14(2)15-4-6-16(7-5-15)21-23-18(13-27-21)12-20(24)22-17-8-10-19(11-9-17)28(3,25)26/h4-11,13-14H,12H2,1-3H3,(H,22,24). The summed E-state index contributed by atoms with van der Waals surface area (Å²) in [7, 11) is -3.25. The maximum absolute atomic E-state index is 12.3. The van der Waals surface area contributed by atoms with Gasteiger partial charge >= 0.3 is 0 Å². The van der Waals surface area contributed by atoms with Crippen LogP contribution in [0.25, 0.3) is 10.6 Å². The molecule has 0 fully saturated rings. The minimum Gasteiger partial charge on any atom is -0.326 e. The molecule has 0 bridgehead atoms. The average Bonchev–Trinajstić information content (AvgIpc) is 3.09. The number of hydrogen-bond acceptors (Lipinski definition) is 5. The Bertz CT molecular complexity index is 1070. The van der Waals surface area contributed by atoms with E-state index in [-0.39, 0.29) is 17.2 Å². The van der Waals surface area contributed by atoms with Crippen molar-refractivity contribution in [2.45, 2.75) is 31.1 Å². The highest BCUT2D eigenvalue weighted by Crippen LogP contribution is 2.26. The Kier molecular flexibility index (Phi) is 5.96. The predicted molar refractivity (Wildman–Crippen MR) is 114 cm³/mol. The van der Waals surface area contributed by atoms with Gasteiger partial charge in [0.15, 0.2) is 9.84 Å². The molecule has 1 aromatic heterocycles. The van der Waals surface area contributed by atoms with E-state index >= 15 is 0 Å². The maximum atomic E-state index is 12.3. The normalized spacial score (nSPS) is 11.6. The molecule has 0 unspecified atom stereocenters. The highest BCUT2D eigenvalue weighted by atomic mass is 32.2. The van der Waals surface area contributed by atoms with Gasteiger partial charge in [-0.2, -0.15) is 0 Å². The lowest BCUT2D eigenvalue weighted by Crippen LogP contribution is -2.14. The lowest BCUT2D eigenvalue weighted by atomic mass is 10.0. The fourth-order valence-corrected chi connectivity index (χ4v) is 4.14. The third kappa shape index (κ3) is 5.05. The van der Waals surface area contributed by atoms with Crippen molar-refractivity contribution in [3.8, 4) is 10.6 Å². The van der Waals surface area contributed by atoms with Gasteiger partial charge in [-0.3, -0.25) is 4.79 Å². The van der Waals surface area contributed by atoms with Crippen molar-refractivity contribution in [2.24, 2.45) is 0 Å². The van der Waals surface area contributed by atoms with Crippen LogP contribution in [0, 0.1) is 0 Å². The van der Waals surface area contributed by atoms with Crippen molar-refractivity contribution >= 4 is 32.8 Å². The molecule has 0 saturated carbocycles. The summed E-state index contributed by atoms with van der Waals surface area (Å²) in [5, 5.41) is 5.54. The van der Waals surface area contributed by atoms with E-state index in [1.54, 1.807) is 12.1 Å². The summed E-state index contributed by atoms with van der Waals surface area (Å²) in [6.07, 6.45) is 1.31. The van der Waals surface area contributed by atoms with Gasteiger partial charge in [0.1, 0.15) is 5.01 Å². The van der Waals surface area contributed by atoms with E-state index in [0.717, 1.165) is 16.8 Å². The molecule has 146 valence electrons. The van der Waals surface area contributed by atoms with Crippen LogP contribution >= 0.6 is 11.3 Å². The summed E-state index contributed by atoms with van der Waals surface area (Å²) in [4.78, 5) is 17.0. The molecule has 0 radical (unpaired) electrons. The zero-order valence-corrected chi connectivity index (χ0v) is 17.6. The zero-order valence-electron chi connectivity index (χ0n) is 16.0. The number of benzene rings is 2. The number of amides is 1. The van der Waals surface area contributed by atoms with Crippen molar-refractivity contribution < 1.29 is 13.2 Å². The van der Waals surface area contributed by atoms with Gasteiger partial charge in [-0.1, -0.05) is 38.1 Å². The number of hydrogen-bond donors (Lipinski definition) is 1. The number of sulfone groups is 1. The van der Waals surface area contributed by atoms with Crippen LogP contribution in [0.2, 0.25) is 0 Å². The summed E-state index contributed by atoms with van der Waals surface area (Å²) in [5.41, 5.74) is 3.58. The van der Waals surface area contributed by atoms with E-state index in [9.17, 15) is 13.2 Å². The molecular weight excluding hydrogens is 392 g/mol. The van der Waals surface area contributed by atoms with Gasteiger partial charge in [-0.25, -0.2) is 13.4 Å². The fourth-order valence-electron chi connectivity index (χ4n) is 2.69. The minimum atomic E-state index is -3.25. The number of aromatic nitrogens is 1. The van der Waals surface area contributed by atoms with Crippen molar-refractivity contribution in [3.63, 3.8) is 0 Å². The summed E-state index contributed by atoms with van der Waals surface area (Å²) in [5.74, 6) is 0.287. The van der Waals surface area contributed by atoms with Crippen molar-refractivity contribution in [3.05, 3.63) is 65.2 Å². The molecule has 2 aromatic carbocycles. The molecule has 0 spiro atoms. The van der Waals surface area contributed by atoms with Crippen molar-refractivity contribution in [1.29, 1.82) is 0 Å². The van der Waals surface area contributed by atoms with Gasteiger partial charge in [0.2, 0.25) is 5.91 Å². The molecule has 7 heteroatoms. The monoisotopic (exact) mass is 414 g/mol. The van der Waals surface area contributed by atoms with Gasteiger partial charge in [0.05, 0.1) is 17.0 Å². The third-order valence-corrected chi connectivity index (χ3v) is 6.35. The van der Waals surface area contributed by atoms with Crippen LogP contribution in [0.1, 0.15) is 31.0 Å². The van der Waals surface area contributed by atoms with Gasteiger partial charge < -0.3 is 5.32 Å². The second-order valence-corrected chi connectivity index (χ2v) is 9.82. The number of carbonyl (C=O) groups excluding carboxylic acids is 1. The lowest BCUT2D eigenvalue weighted by Gasteiger charge is -2.06. The molecule has 0 aliphatic rings. The highest BCUT2D eigenvalue weighted by molar-refractivity contribution is 7.90. The zero-order chi connectivity index (χ0) is 20.3. The van der Waals surface area contributed by atoms with Crippen molar-refractivity contribution in [1.82, 2.24) is 4.98 Å². The minimum absolute atomic E-state index is 0.161. The first-order chi connectivity index (χ1) is 13.2. The van der Waals surface area contributed by atoms with Crippen LogP contribution in [-0.2, 0) is 21.1 Å². The second kappa shape index (κ2) is 8.24. The Balaban J connectivity index is 1.63. The van der Waals surface area contributed by atoms with Gasteiger partial charge in [-0.15, -0.1) is 11.3 Å². The molecule has 0 aliphatic carbocycles. The Hall–Kier alpha value is -2.51. The van der Waals surface area contributed by atoms with E-state index in [2.05, 4.69) is 48.4 Å². The molecule has 1 heterocycles. The van der Waals surface area contributed by atoms with Gasteiger partial charge in [0, 0.05) is 22.9 Å². The lowest BCUT2D eigenvalue weighted by molar-refractivity contribution is -0.115. The number of nitrogens with zero attached hydrogens (tertiary/aromatic N) is 1. The molecule has 5 nitrogen and oxygen atoms in total. The van der Waals surface area contributed by atoms with Crippen LogP contribution in [0.3, 0.4) is 0 Å². The van der Waals surface area contributed by atoms with E-state index in [4.69, 9.17) is 0 Å². The molecule has 28 heavy (non-hydrogen) atoms. The van der Waals surface area contributed by atoms with Crippen molar-refractivity contribution in [2.75, 3.05) is 11.6 Å². The SMILES string of the molecule is CC(C)c1ccc(-c2nc(CC(=O)Nc3ccc(S(C)(=O)=O)cc3)cs2)cc1. The number of carbonyl (C=O) groups is 1. The first-order valence-electron chi connectivity index (χ1n) is 8.87. The Morgan fingerprint density at radius 1 is 1.07 bits per heavy atom. The Morgan fingerprint density at radius 3 is 2.29 bits per heavy atom. The number of nitrogens with one attached hydrogen (secondary N) is 1. The first kappa shape index (κ1) is 20.2. The van der Waals surface area contributed by atoms with Gasteiger partial charge in [0.25, 0.3) is 0 Å². The highest BCUT2D eigenvalue weighted by Gasteiger charge is 2.11. The summed E-state index contributed by atoms with van der Waals surface area (Å²) in [6.45, 7) is 4.31. The molecule has 1 N–H and O–H groups in total. The quantitative estimate of drug-likeness (QED) is 0.643. The predicted octanol–water partition coefficient (Wildman–Crippen LogP) is 4.52. The summed E-state index contributed by atoms with van der Waals surface area (Å²) < 4.78 is 23.0. The molecule has 0 saturated heterocycles. The van der Waals surface area contributed by atoms with Crippen LogP contribution in [0.4, 0.5) is 5.69 Å². The number of thiazole rings is 1. The smallest absolute Gasteiger partial charge is 0.230 e. The van der Waals surface area contributed by atoms with Crippen LogP contribution in [0.15, 0.2) is 58.8 Å². The van der Waals surface area contributed by atoms with Gasteiger partial charge in [-0.05, 0) is 35.7 Å². The average molecular weight is 415 g/mol. The number of anilines is 1. The van der Waals surface area contributed by atoms with Crippen LogP contribution in [-0.4, -0.2) is 25.6 Å². The summed E-state index contributed by atoms with van der Waals surface area (Å²) >= 11 is 1.51. The molecule has 1 amide bonds. The summed E-state index contributed by atoms with van der Waals surface area (Å²) in [6, 6.07) is 14.4. The fraction of sp³-hybridized carbons (Fsp3) is 0.238. The van der Waals surface area contributed by atoms with E-state index in [0.29, 0.717) is 17.3 Å². The van der Waals surface area contributed by atoms with Crippen LogP contribution in [0.5, 0.6) is 0 Å². The van der Waals surface area contributed by atoms with E-state index in [1.165, 1.54) is 29.0 Å². The molecule has 0 atom stereocenters. The Labute approximate surface area is 169 Å². The Morgan fingerprint density at radius 2 is 1.71 bits per heavy atom. The largest absolute Gasteiger partial charge is 0.326 e. The second-order valence-electron chi connectivity index (χ2n) is 6.94. The van der Waals surface area contributed by atoms with E-state index in [1.807, 2.05) is 5.38 Å². The van der Waals surface area contributed by atoms with E-state index < -0.39 is 9.84 Å². The number of rotatable bonds is 6. The van der Waals surface area contributed by atoms with Crippen LogP contribution < -0.4 is 5.32 Å².